The number of hydrazine groups is 1. The molecule has 0 fully saturated rings. The van der Waals surface area contributed by atoms with Crippen LogP contribution in [0.2, 0.25) is 0 Å². The van der Waals surface area contributed by atoms with Crippen molar-refractivity contribution in [2.24, 2.45) is 5.14 Å². The second-order valence-corrected chi connectivity index (χ2v) is 7.70. The van der Waals surface area contributed by atoms with Crippen LogP contribution in [0.5, 0.6) is 0 Å². The van der Waals surface area contributed by atoms with Gasteiger partial charge >= 0.3 is 0 Å². The fourth-order valence-corrected chi connectivity index (χ4v) is 2.78. The smallest absolute Gasteiger partial charge is 0.150 e. The molecule has 2 aromatic rings. The average molecular weight is 428 g/mol. The predicted molar refractivity (Wildman–Crippen MR) is 110 cm³/mol. The van der Waals surface area contributed by atoms with Crippen molar-refractivity contribution in [3.8, 4) is 6.07 Å². The van der Waals surface area contributed by atoms with Crippen LogP contribution in [-0.4, -0.2) is 42.5 Å². The Balaban J connectivity index is 0.000000362. The van der Waals surface area contributed by atoms with Crippen molar-refractivity contribution in [1.82, 2.24) is 10.3 Å². The third kappa shape index (κ3) is 8.33. The summed E-state index contributed by atoms with van der Waals surface area (Å²) in [6.07, 6.45) is 1.97. The minimum absolute atomic E-state index is 0.0236. The van der Waals surface area contributed by atoms with Gasteiger partial charge in [-0.3, -0.25) is 0 Å². The van der Waals surface area contributed by atoms with Gasteiger partial charge in [0.15, 0.2) is 0 Å². The van der Waals surface area contributed by atoms with Gasteiger partial charge in [0.2, 0.25) is 0 Å². The van der Waals surface area contributed by atoms with Crippen molar-refractivity contribution in [2.75, 3.05) is 38.9 Å². The number of benzene rings is 2. The fraction of sp³-hybridized carbons (Fsp3) is 0.278. The number of anilines is 1. The van der Waals surface area contributed by atoms with E-state index in [9.17, 15) is 13.0 Å². The Morgan fingerprint density at radius 3 is 2.39 bits per heavy atom. The van der Waals surface area contributed by atoms with E-state index in [4.69, 9.17) is 10.4 Å². The monoisotopic (exact) mass is 427 g/mol. The molecule has 0 radical (unpaired) electrons. The van der Waals surface area contributed by atoms with Crippen LogP contribution in [0.3, 0.4) is 0 Å². The Labute approximate surface area is 170 Å². The predicted octanol–water partition coefficient (Wildman–Crippen LogP) is 2.70. The van der Waals surface area contributed by atoms with Gasteiger partial charge < -0.3 is 10.3 Å². The summed E-state index contributed by atoms with van der Waals surface area (Å²) < 4.78 is 37.1. The molecule has 0 heterocycles. The quantitative estimate of drug-likeness (QED) is 0.357. The molecule has 1 unspecified atom stereocenters. The first kappa shape index (κ1) is 24.0. The van der Waals surface area contributed by atoms with Gasteiger partial charge in [0.1, 0.15) is 34.4 Å². The second-order valence-electron chi connectivity index (χ2n) is 5.75. The molecule has 0 spiro atoms. The summed E-state index contributed by atoms with van der Waals surface area (Å²) in [6.45, 7) is 1.32. The summed E-state index contributed by atoms with van der Waals surface area (Å²) in [6, 6.07) is 10.6. The number of halogens is 2. The Morgan fingerprint density at radius 2 is 1.89 bits per heavy atom. The van der Waals surface area contributed by atoms with E-state index in [1.807, 2.05) is 31.3 Å². The molecule has 0 aliphatic rings. The number of thioether (sulfide) groups is 1. The van der Waals surface area contributed by atoms with Crippen LogP contribution in [-0.2, 0) is 11.0 Å². The van der Waals surface area contributed by atoms with Crippen molar-refractivity contribution in [3.63, 3.8) is 0 Å². The van der Waals surface area contributed by atoms with Crippen molar-refractivity contribution in [1.29, 1.82) is 5.26 Å². The van der Waals surface area contributed by atoms with Gasteiger partial charge in [-0.1, -0.05) is 0 Å². The van der Waals surface area contributed by atoms with Crippen LogP contribution < -0.4 is 16.0 Å². The number of hydrogen-bond acceptors (Lipinski definition) is 6. The molecule has 0 bridgehead atoms. The molecule has 152 valence electrons. The number of rotatable bonds is 7. The Hall–Kier alpha value is -2.03. The summed E-state index contributed by atoms with van der Waals surface area (Å²) in [5.74, 6) is -0.849. The molecule has 4 N–H and O–H groups in total. The fourth-order valence-electron chi connectivity index (χ4n) is 1.91. The number of nitrogens with two attached hydrogens (primary N) is 1. The molecule has 0 saturated carbocycles. The maximum atomic E-state index is 13.8. The van der Waals surface area contributed by atoms with Crippen LogP contribution in [0.4, 0.5) is 14.5 Å². The van der Waals surface area contributed by atoms with Crippen LogP contribution in [0.1, 0.15) is 5.56 Å². The molecule has 2 rings (SSSR count). The topological polar surface area (TPSA) is 94.2 Å². The van der Waals surface area contributed by atoms with Gasteiger partial charge in [0, 0.05) is 18.0 Å². The van der Waals surface area contributed by atoms with Crippen LogP contribution in [0, 0.1) is 23.0 Å². The van der Waals surface area contributed by atoms with Gasteiger partial charge in [0.25, 0.3) is 0 Å². The average Bonchev–Trinajstić information content (AvgIpc) is 2.66. The minimum Gasteiger partial charge on any atom is -0.318 e. The van der Waals surface area contributed by atoms with E-state index < -0.39 is 16.8 Å². The summed E-state index contributed by atoms with van der Waals surface area (Å²) in [4.78, 5) is 3.13. The third-order valence-corrected chi connectivity index (χ3v) is 4.81. The molecular formula is C18H23F2N5OS2. The Kier molecular flexibility index (Phi) is 10.7. The Morgan fingerprint density at radius 1 is 1.25 bits per heavy atom. The second kappa shape index (κ2) is 12.4. The Bertz CT molecular complexity index is 826. The largest absolute Gasteiger partial charge is 0.318 e. The molecule has 2 aromatic carbocycles. The molecule has 28 heavy (non-hydrogen) atoms. The van der Waals surface area contributed by atoms with E-state index in [1.165, 1.54) is 18.2 Å². The van der Waals surface area contributed by atoms with E-state index in [1.54, 1.807) is 23.9 Å². The molecule has 0 aliphatic heterocycles. The van der Waals surface area contributed by atoms with Crippen molar-refractivity contribution in [3.05, 3.63) is 53.6 Å². The highest BCUT2D eigenvalue weighted by atomic mass is 32.2. The number of nitrogens with one attached hydrogen (secondary N) is 2. The van der Waals surface area contributed by atoms with E-state index in [0.717, 1.165) is 17.5 Å². The molecule has 1 atom stereocenters. The highest BCUT2D eigenvalue weighted by Gasteiger charge is 2.12. The highest BCUT2D eigenvalue weighted by Crippen LogP contribution is 2.22. The zero-order chi connectivity index (χ0) is 21.1. The van der Waals surface area contributed by atoms with Crippen molar-refractivity contribution >= 4 is 28.4 Å². The zero-order valence-corrected chi connectivity index (χ0v) is 17.5. The molecular weight excluding hydrogens is 404 g/mol. The number of nitriles is 1. The van der Waals surface area contributed by atoms with Gasteiger partial charge in [-0.25, -0.2) is 23.6 Å². The van der Waals surface area contributed by atoms with Crippen molar-refractivity contribution in [2.45, 2.75) is 9.79 Å². The first-order chi connectivity index (χ1) is 13.3. The zero-order valence-electron chi connectivity index (χ0n) is 15.8. The first-order valence-corrected chi connectivity index (χ1v) is 10.5. The molecule has 10 heteroatoms. The highest BCUT2D eigenvalue weighted by molar-refractivity contribution is 7.98. The lowest BCUT2D eigenvalue weighted by Gasteiger charge is -2.14. The van der Waals surface area contributed by atoms with E-state index in [2.05, 4.69) is 10.9 Å². The lowest BCUT2D eigenvalue weighted by Crippen LogP contribution is -2.31. The van der Waals surface area contributed by atoms with Crippen LogP contribution in [0.25, 0.3) is 0 Å². The molecule has 0 aliphatic carbocycles. The summed E-state index contributed by atoms with van der Waals surface area (Å²) in [5, 5.41) is 14.1. The maximum Gasteiger partial charge on any atom is 0.150 e. The molecule has 6 nitrogen and oxygen atoms in total. The lowest BCUT2D eigenvalue weighted by molar-refractivity contribution is 0.406. The number of likely N-dealkylation sites (N-methyl/N-ethyl adjacent to an activating group) is 1. The van der Waals surface area contributed by atoms with E-state index >= 15 is 0 Å². The SMILES string of the molecule is CN(C)CCNNc1c(F)cc(S(N)=O)cc1C#N.CSc1ccc(F)cc1. The first-order valence-electron chi connectivity index (χ1n) is 8.11. The third-order valence-electron chi connectivity index (χ3n) is 3.36. The van der Waals surface area contributed by atoms with E-state index in [0.29, 0.717) is 6.54 Å². The standard InChI is InChI=1S/C11H16FN5OS.C7H7FS/c1-17(2)4-3-15-16-11-8(7-13)5-9(19(14)18)6-10(11)12;1-9-7-4-2-6(8)3-5-7/h5-6,15-16H,3-4,14H2,1-2H3;2-5H,1H3. The molecule has 0 aromatic heterocycles. The molecule has 0 amide bonds. The number of hydrogen-bond donors (Lipinski definition) is 3. The van der Waals surface area contributed by atoms with Gasteiger partial charge in [0.05, 0.1) is 10.5 Å². The van der Waals surface area contributed by atoms with Crippen LogP contribution >= 0.6 is 11.8 Å². The summed E-state index contributed by atoms with van der Waals surface area (Å²) >= 11 is 1.61. The van der Waals surface area contributed by atoms with Gasteiger partial charge in [-0.15, -0.1) is 11.8 Å². The van der Waals surface area contributed by atoms with Crippen molar-refractivity contribution < 1.29 is 13.0 Å². The van der Waals surface area contributed by atoms with Gasteiger partial charge in [-0.05, 0) is 56.7 Å². The van der Waals surface area contributed by atoms with Gasteiger partial charge in [-0.2, -0.15) is 5.26 Å². The van der Waals surface area contributed by atoms with Crippen LogP contribution in [0.15, 0.2) is 46.2 Å². The normalized spacial score (nSPS) is 11.4. The lowest BCUT2D eigenvalue weighted by atomic mass is 10.2. The molecule has 0 saturated heterocycles. The summed E-state index contributed by atoms with van der Waals surface area (Å²) in [7, 11) is 2.00. The summed E-state index contributed by atoms with van der Waals surface area (Å²) in [5.41, 5.74) is 5.52. The number of nitrogens with zero attached hydrogens (tertiary/aromatic N) is 2. The van der Waals surface area contributed by atoms with E-state index in [-0.39, 0.29) is 22.0 Å². The minimum atomic E-state index is -1.82. The maximum absolute atomic E-state index is 13.8.